The van der Waals surface area contributed by atoms with Crippen molar-refractivity contribution in [2.75, 3.05) is 11.9 Å². The number of carbonyl (C=O) groups is 1. The summed E-state index contributed by atoms with van der Waals surface area (Å²) in [4.78, 5) is 11.9. The Bertz CT molecular complexity index is 692. The average Bonchev–Trinajstić information content (AvgIpc) is 2.94. The molecule has 1 aliphatic rings. The van der Waals surface area contributed by atoms with Gasteiger partial charge in [-0.15, -0.1) is 0 Å². The number of fused-ring (bicyclic) bond motifs is 1. The van der Waals surface area contributed by atoms with Crippen molar-refractivity contribution in [1.82, 2.24) is 0 Å². The largest absolute Gasteiger partial charge is 0.493 e. The molecule has 3 rings (SSSR count). The van der Waals surface area contributed by atoms with Crippen molar-refractivity contribution in [3.05, 3.63) is 64.7 Å². The van der Waals surface area contributed by atoms with E-state index in [0.717, 1.165) is 29.0 Å². The Hall–Kier alpha value is -2.26. The van der Waals surface area contributed by atoms with Crippen LogP contribution in [0.25, 0.3) is 6.08 Å². The lowest BCUT2D eigenvalue weighted by Crippen LogP contribution is -2.07. The van der Waals surface area contributed by atoms with Crippen LogP contribution in [-0.2, 0) is 11.2 Å². The van der Waals surface area contributed by atoms with E-state index in [9.17, 15) is 4.79 Å². The summed E-state index contributed by atoms with van der Waals surface area (Å²) in [6, 6.07) is 13.0. The van der Waals surface area contributed by atoms with Crippen molar-refractivity contribution in [2.24, 2.45) is 0 Å². The lowest BCUT2D eigenvalue weighted by atomic mass is 10.1. The molecule has 21 heavy (non-hydrogen) atoms. The third-order valence-electron chi connectivity index (χ3n) is 3.25. The van der Waals surface area contributed by atoms with Gasteiger partial charge in [0.25, 0.3) is 0 Å². The fourth-order valence-corrected chi connectivity index (χ4v) is 2.32. The van der Waals surface area contributed by atoms with Crippen LogP contribution in [0.3, 0.4) is 0 Å². The Morgan fingerprint density at radius 2 is 2.00 bits per heavy atom. The van der Waals surface area contributed by atoms with Crippen LogP contribution in [0.2, 0.25) is 5.02 Å². The van der Waals surface area contributed by atoms with Crippen LogP contribution < -0.4 is 10.1 Å². The molecular weight excluding hydrogens is 286 g/mol. The number of hydrogen-bond donors (Lipinski definition) is 1. The van der Waals surface area contributed by atoms with Gasteiger partial charge >= 0.3 is 0 Å². The molecule has 1 N–H and O–H groups in total. The van der Waals surface area contributed by atoms with E-state index in [1.54, 1.807) is 18.2 Å². The second-order valence-corrected chi connectivity index (χ2v) is 5.23. The molecule has 3 nitrogen and oxygen atoms in total. The first kappa shape index (κ1) is 13.7. The minimum atomic E-state index is -0.163. The van der Waals surface area contributed by atoms with E-state index in [1.807, 2.05) is 30.3 Å². The standard InChI is InChI=1S/C17H14ClNO2/c18-14-4-1-12(2-5-14)3-8-17(20)19-15-6-7-16-13(11-15)9-10-21-16/h1-8,11H,9-10H2,(H,19,20). The molecule has 0 unspecified atom stereocenters. The van der Waals surface area contributed by atoms with Crippen molar-refractivity contribution in [2.45, 2.75) is 6.42 Å². The molecule has 0 radical (unpaired) electrons. The van der Waals surface area contributed by atoms with Crippen molar-refractivity contribution in [3.63, 3.8) is 0 Å². The molecule has 0 aliphatic carbocycles. The Labute approximate surface area is 128 Å². The van der Waals surface area contributed by atoms with Gasteiger partial charge in [0, 0.05) is 23.2 Å². The fraction of sp³-hybridized carbons (Fsp3) is 0.118. The van der Waals surface area contributed by atoms with Gasteiger partial charge in [-0.05, 0) is 47.5 Å². The number of carbonyl (C=O) groups excluding carboxylic acids is 1. The van der Waals surface area contributed by atoms with Crippen molar-refractivity contribution in [3.8, 4) is 5.75 Å². The maximum atomic E-state index is 11.9. The SMILES string of the molecule is O=C(C=Cc1ccc(Cl)cc1)Nc1ccc2c(c1)CCO2. The molecule has 1 heterocycles. The number of rotatable bonds is 3. The van der Waals surface area contributed by atoms with Crippen molar-refractivity contribution < 1.29 is 9.53 Å². The highest BCUT2D eigenvalue weighted by Crippen LogP contribution is 2.27. The predicted octanol–water partition coefficient (Wildman–Crippen LogP) is 3.93. The van der Waals surface area contributed by atoms with E-state index in [4.69, 9.17) is 16.3 Å². The number of halogens is 1. The summed E-state index contributed by atoms with van der Waals surface area (Å²) >= 11 is 5.81. The van der Waals surface area contributed by atoms with Gasteiger partial charge < -0.3 is 10.1 Å². The maximum absolute atomic E-state index is 11.9. The van der Waals surface area contributed by atoms with Crippen LogP contribution in [0.5, 0.6) is 5.75 Å². The molecule has 0 bridgehead atoms. The zero-order chi connectivity index (χ0) is 14.7. The predicted molar refractivity (Wildman–Crippen MR) is 84.8 cm³/mol. The van der Waals surface area contributed by atoms with Gasteiger partial charge in [0.15, 0.2) is 0 Å². The van der Waals surface area contributed by atoms with Gasteiger partial charge in [-0.2, -0.15) is 0 Å². The minimum Gasteiger partial charge on any atom is -0.493 e. The van der Waals surface area contributed by atoms with E-state index in [1.165, 1.54) is 6.08 Å². The molecule has 0 aromatic heterocycles. The highest BCUT2D eigenvalue weighted by atomic mass is 35.5. The second kappa shape index (κ2) is 6.02. The van der Waals surface area contributed by atoms with E-state index >= 15 is 0 Å². The number of anilines is 1. The molecular formula is C17H14ClNO2. The Morgan fingerprint density at radius 3 is 2.81 bits per heavy atom. The van der Waals surface area contributed by atoms with Crippen LogP contribution in [0.15, 0.2) is 48.5 Å². The highest BCUT2D eigenvalue weighted by molar-refractivity contribution is 6.30. The molecule has 106 valence electrons. The van der Waals surface area contributed by atoms with Crippen LogP contribution >= 0.6 is 11.6 Å². The topological polar surface area (TPSA) is 38.3 Å². The van der Waals surface area contributed by atoms with E-state index < -0.39 is 0 Å². The summed E-state index contributed by atoms with van der Waals surface area (Å²) in [7, 11) is 0. The first-order valence-electron chi connectivity index (χ1n) is 6.71. The Kier molecular flexibility index (Phi) is 3.93. The second-order valence-electron chi connectivity index (χ2n) is 4.80. The number of benzene rings is 2. The lowest BCUT2D eigenvalue weighted by Gasteiger charge is -2.04. The molecule has 0 fully saturated rings. The molecule has 1 aliphatic heterocycles. The molecule has 0 saturated heterocycles. The summed E-state index contributed by atoms with van der Waals surface area (Å²) in [5.41, 5.74) is 2.84. The first-order chi connectivity index (χ1) is 10.2. The zero-order valence-electron chi connectivity index (χ0n) is 11.3. The maximum Gasteiger partial charge on any atom is 0.248 e. The van der Waals surface area contributed by atoms with Gasteiger partial charge in [0.1, 0.15) is 5.75 Å². The van der Waals surface area contributed by atoms with E-state index in [2.05, 4.69) is 5.32 Å². The first-order valence-corrected chi connectivity index (χ1v) is 7.09. The highest BCUT2D eigenvalue weighted by Gasteiger charge is 2.12. The Morgan fingerprint density at radius 1 is 1.19 bits per heavy atom. The molecule has 4 heteroatoms. The van der Waals surface area contributed by atoms with Crippen molar-refractivity contribution in [1.29, 1.82) is 0 Å². The minimum absolute atomic E-state index is 0.163. The van der Waals surface area contributed by atoms with Gasteiger partial charge in [-0.3, -0.25) is 4.79 Å². The van der Waals surface area contributed by atoms with Crippen molar-refractivity contribution >= 4 is 29.3 Å². The molecule has 2 aromatic carbocycles. The summed E-state index contributed by atoms with van der Waals surface area (Å²) in [5, 5.41) is 3.52. The number of ether oxygens (including phenoxy) is 1. The summed E-state index contributed by atoms with van der Waals surface area (Å²) in [6.45, 7) is 0.712. The average molecular weight is 300 g/mol. The van der Waals surface area contributed by atoms with E-state index in [0.29, 0.717) is 11.6 Å². The van der Waals surface area contributed by atoms with Gasteiger partial charge in [0.2, 0.25) is 5.91 Å². The quantitative estimate of drug-likeness (QED) is 0.872. The van der Waals surface area contributed by atoms with Crippen LogP contribution in [0, 0.1) is 0 Å². The zero-order valence-corrected chi connectivity index (χ0v) is 12.1. The van der Waals surface area contributed by atoms with Crippen LogP contribution in [0.4, 0.5) is 5.69 Å². The summed E-state index contributed by atoms with van der Waals surface area (Å²) in [5.74, 6) is 0.744. The molecule has 0 spiro atoms. The number of hydrogen-bond acceptors (Lipinski definition) is 2. The third-order valence-corrected chi connectivity index (χ3v) is 3.51. The monoisotopic (exact) mass is 299 g/mol. The van der Waals surface area contributed by atoms with Gasteiger partial charge in [-0.25, -0.2) is 0 Å². The molecule has 0 atom stereocenters. The number of amides is 1. The van der Waals surface area contributed by atoms with Crippen LogP contribution in [0.1, 0.15) is 11.1 Å². The summed E-state index contributed by atoms with van der Waals surface area (Å²) < 4.78 is 5.44. The van der Waals surface area contributed by atoms with E-state index in [-0.39, 0.29) is 5.91 Å². The van der Waals surface area contributed by atoms with Gasteiger partial charge in [0.05, 0.1) is 6.61 Å². The molecule has 1 amide bonds. The Balaban J connectivity index is 1.65. The third kappa shape index (κ3) is 3.44. The molecule has 0 saturated carbocycles. The summed E-state index contributed by atoms with van der Waals surface area (Å²) in [6.07, 6.45) is 4.15. The number of nitrogens with one attached hydrogen (secondary N) is 1. The smallest absolute Gasteiger partial charge is 0.248 e. The fourth-order valence-electron chi connectivity index (χ4n) is 2.19. The normalized spacial score (nSPS) is 13.0. The van der Waals surface area contributed by atoms with Crippen LogP contribution in [-0.4, -0.2) is 12.5 Å². The molecule has 2 aromatic rings. The van der Waals surface area contributed by atoms with Gasteiger partial charge in [-0.1, -0.05) is 23.7 Å². The lowest BCUT2D eigenvalue weighted by molar-refractivity contribution is -0.111.